The summed E-state index contributed by atoms with van der Waals surface area (Å²) >= 11 is 0. The quantitative estimate of drug-likeness (QED) is 0.682. The second-order valence-electron chi connectivity index (χ2n) is 6.08. The molecule has 0 atom stereocenters. The molecule has 138 valence electrons. The summed E-state index contributed by atoms with van der Waals surface area (Å²) in [6.07, 6.45) is 4.57. The van der Waals surface area contributed by atoms with Gasteiger partial charge in [-0.2, -0.15) is 5.10 Å². The summed E-state index contributed by atoms with van der Waals surface area (Å²) in [5.74, 6) is 2.24. The summed E-state index contributed by atoms with van der Waals surface area (Å²) in [6, 6.07) is 9.06. The van der Waals surface area contributed by atoms with Crippen molar-refractivity contribution in [3.63, 3.8) is 0 Å². The number of hydrogen-bond acceptors (Lipinski definition) is 7. The number of hydrogen-bond donors (Lipinski definition) is 0. The van der Waals surface area contributed by atoms with Gasteiger partial charge < -0.3 is 14.5 Å². The minimum absolute atomic E-state index is 0.0308. The average molecular weight is 365 g/mol. The van der Waals surface area contributed by atoms with Crippen LogP contribution in [0.2, 0.25) is 0 Å². The summed E-state index contributed by atoms with van der Waals surface area (Å²) in [7, 11) is 1.61. The molecule has 1 saturated heterocycles. The molecular formula is C18H19N7O2. The standard InChI is InChI=1S/C18H19N7O2/c1-27-15-4-2-14(3-5-15)18(26)24-8-6-23(7-9-24)16-10-17(21-12-20-16)25-13-19-11-22-25/h2-5,10-13H,6-9H2,1H3. The third kappa shape index (κ3) is 3.57. The maximum Gasteiger partial charge on any atom is 0.253 e. The first-order valence-corrected chi connectivity index (χ1v) is 8.60. The van der Waals surface area contributed by atoms with Crippen LogP contribution in [0, 0.1) is 0 Å². The Bertz CT molecular complexity index is 904. The topological polar surface area (TPSA) is 89.3 Å². The molecule has 3 heterocycles. The van der Waals surface area contributed by atoms with E-state index < -0.39 is 0 Å². The van der Waals surface area contributed by atoms with E-state index in [0.29, 0.717) is 37.6 Å². The molecule has 0 unspecified atom stereocenters. The van der Waals surface area contributed by atoms with Crippen LogP contribution in [0.4, 0.5) is 5.82 Å². The molecule has 1 fully saturated rings. The molecule has 0 saturated carbocycles. The maximum atomic E-state index is 12.7. The first-order valence-electron chi connectivity index (χ1n) is 8.60. The van der Waals surface area contributed by atoms with Crippen LogP contribution >= 0.6 is 0 Å². The van der Waals surface area contributed by atoms with Gasteiger partial charge in [0.25, 0.3) is 5.91 Å². The molecule has 1 amide bonds. The van der Waals surface area contributed by atoms with Crippen molar-refractivity contribution < 1.29 is 9.53 Å². The summed E-state index contributed by atoms with van der Waals surface area (Å²) < 4.78 is 6.73. The molecule has 0 spiro atoms. The lowest BCUT2D eigenvalue weighted by Crippen LogP contribution is -2.49. The second kappa shape index (κ2) is 7.40. The zero-order chi connectivity index (χ0) is 18.6. The van der Waals surface area contributed by atoms with Crippen molar-refractivity contribution in [3.8, 4) is 11.6 Å². The van der Waals surface area contributed by atoms with Crippen molar-refractivity contribution in [2.45, 2.75) is 0 Å². The van der Waals surface area contributed by atoms with Gasteiger partial charge in [0.15, 0.2) is 5.82 Å². The third-order valence-electron chi connectivity index (χ3n) is 4.52. The Morgan fingerprint density at radius 1 is 1.00 bits per heavy atom. The van der Waals surface area contributed by atoms with E-state index in [1.165, 1.54) is 12.7 Å². The highest BCUT2D eigenvalue weighted by Gasteiger charge is 2.23. The predicted octanol–water partition coefficient (Wildman–Crippen LogP) is 1.03. The van der Waals surface area contributed by atoms with Crippen LogP contribution in [0.1, 0.15) is 10.4 Å². The van der Waals surface area contributed by atoms with Crippen LogP contribution in [-0.2, 0) is 0 Å². The molecule has 27 heavy (non-hydrogen) atoms. The number of methoxy groups -OCH3 is 1. The van der Waals surface area contributed by atoms with Gasteiger partial charge in [-0.25, -0.2) is 19.6 Å². The number of anilines is 1. The van der Waals surface area contributed by atoms with E-state index in [-0.39, 0.29) is 5.91 Å². The molecule has 0 radical (unpaired) electrons. The van der Waals surface area contributed by atoms with Crippen LogP contribution in [-0.4, -0.2) is 68.8 Å². The molecule has 1 aliphatic heterocycles. The van der Waals surface area contributed by atoms with Gasteiger partial charge in [0.2, 0.25) is 0 Å². The first kappa shape index (κ1) is 17.0. The fourth-order valence-electron chi connectivity index (χ4n) is 3.02. The number of benzene rings is 1. The van der Waals surface area contributed by atoms with Crippen LogP contribution in [0.15, 0.2) is 49.3 Å². The summed E-state index contributed by atoms with van der Waals surface area (Å²) in [5.41, 5.74) is 0.666. The van der Waals surface area contributed by atoms with Gasteiger partial charge in [-0.15, -0.1) is 0 Å². The molecule has 1 aromatic carbocycles. The molecule has 0 aliphatic carbocycles. The number of carbonyl (C=O) groups excluding carboxylic acids is 1. The van der Waals surface area contributed by atoms with Crippen molar-refractivity contribution in [2.24, 2.45) is 0 Å². The van der Waals surface area contributed by atoms with Crippen molar-refractivity contribution in [2.75, 3.05) is 38.2 Å². The van der Waals surface area contributed by atoms with E-state index in [1.807, 2.05) is 11.0 Å². The second-order valence-corrected chi connectivity index (χ2v) is 6.08. The largest absolute Gasteiger partial charge is 0.497 e. The zero-order valence-corrected chi connectivity index (χ0v) is 14.9. The highest BCUT2D eigenvalue weighted by molar-refractivity contribution is 5.94. The number of rotatable bonds is 4. The number of piperazine rings is 1. The fraction of sp³-hybridized carbons (Fsp3) is 0.278. The van der Waals surface area contributed by atoms with Gasteiger partial charge >= 0.3 is 0 Å². The summed E-state index contributed by atoms with van der Waals surface area (Å²) in [6.45, 7) is 2.67. The van der Waals surface area contributed by atoms with Crippen LogP contribution in [0.3, 0.4) is 0 Å². The Morgan fingerprint density at radius 2 is 1.74 bits per heavy atom. The molecule has 1 aliphatic rings. The average Bonchev–Trinajstić information content (AvgIpc) is 3.29. The monoisotopic (exact) mass is 365 g/mol. The number of carbonyl (C=O) groups is 1. The number of aromatic nitrogens is 5. The van der Waals surface area contributed by atoms with Crippen molar-refractivity contribution >= 4 is 11.7 Å². The van der Waals surface area contributed by atoms with Gasteiger partial charge in [0.1, 0.15) is 30.5 Å². The molecule has 4 rings (SSSR count). The molecule has 9 nitrogen and oxygen atoms in total. The minimum Gasteiger partial charge on any atom is -0.497 e. The molecule has 3 aromatic rings. The lowest BCUT2D eigenvalue weighted by Gasteiger charge is -2.35. The summed E-state index contributed by atoms with van der Waals surface area (Å²) in [4.78, 5) is 29.2. The van der Waals surface area contributed by atoms with Crippen molar-refractivity contribution in [1.82, 2.24) is 29.6 Å². The number of ether oxygens (including phenoxy) is 1. The van der Waals surface area contributed by atoms with E-state index in [9.17, 15) is 4.79 Å². The van der Waals surface area contributed by atoms with Gasteiger partial charge in [-0.3, -0.25) is 4.79 Å². The van der Waals surface area contributed by atoms with E-state index in [1.54, 1.807) is 42.4 Å². The van der Waals surface area contributed by atoms with E-state index in [2.05, 4.69) is 25.0 Å². The number of amides is 1. The SMILES string of the molecule is COc1ccc(C(=O)N2CCN(c3cc(-n4cncn4)ncn3)CC2)cc1. The maximum absolute atomic E-state index is 12.7. The molecule has 9 heteroatoms. The lowest BCUT2D eigenvalue weighted by molar-refractivity contribution is 0.0746. The third-order valence-corrected chi connectivity index (χ3v) is 4.52. The van der Waals surface area contributed by atoms with Crippen LogP contribution in [0.25, 0.3) is 5.82 Å². The Hall–Kier alpha value is -3.49. The smallest absolute Gasteiger partial charge is 0.253 e. The first-order chi connectivity index (χ1) is 13.2. The van der Waals surface area contributed by atoms with E-state index in [0.717, 1.165) is 11.6 Å². The van der Waals surface area contributed by atoms with Crippen LogP contribution in [0.5, 0.6) is 5.75 Å². The molecular weight excluding hydrogens is 346 g/mol. The molecule has 0 bridgehead atoms. The fourth-order valence-corrected chi connectivity index (χ4v) is 3.02. The molecule has 0 N–H and O–H groups in total. The van der Waals surface area contributed by atoms with E-state index in [4.69, 9.17) is 4.74 Å². The Morgan fingerprint density at radius 3 is 2.41 bits per heavy atom. The van der Waals surface area contributed by atoms with Gasteiger partial charge in [-0.05, 0) is 24.3 Å². The van der Waals surface area contributed by atoms with E-state index >= 15 is 0 Å². The summed E-state index contributed by atoms with van der Waals surface area (Å²) in [5, 5.41) is 4.09. The van der Waals surface area contributed by atoms with Gasteiger partial charge in [-0.1, -0.05) is 0 Å². The normalized spacial score (nSPS) is 14.3. The Labute approximate surface area is 156 Å². The highest BCUT2D eigenvalue weighted by Crippen LogP contribution is 2.18. The van der Waals surface area contributed by atoms with Crippen molar-refractivity contribution in [3.05, 3.63) is 54.9 Å². The van der Waals surface area contributed by atoms with Crippen LogP contribution < -0.4 is 9.64 Å². The highest BCUT2D eigenvalue weighted by atomic mass is 16.5. The van der Waals surface area contributed by atoms with Gasteiger partial charge in [0, 0.05) is 37.8 Å². The molecule has 2 aromatic heterocycles. The zero-order valence-electron chi connectivity index (χ0n) is 14.9. The Kier molecular flexibility index (Phi) is 4.65. The predicted molar refractivity (Wildman–Crippen MR) is 98.1 cm³/mol. The lowest BCUT2D eigenvalue weighted by atomic mass is 10.1. The number of nitrogens with zero attached hydrogens (tertiary/aromatic N) is 7. The van der Waals surface area contributed by atoms with Crippen molar-refractivity contribution in [1.29, 1.82) is 0 Å². The minimum atomic E-state index is 0.0308. The van der Waals surface area contributed by atoms with Gasteiger partial charge in [0.05, 0.1) is 7.11 Å². The Balaban J connectivity index is 1.41.